The minimum absolute atomic E-state index is 0.309. The van der Waals surface area contributed by atoms with Gasteiger partial charge in [-0.3, -0.25) is 4.98 Å². The number of pyridine rings is 2. The van der Waals surface area contributed by atoms with Crippen LogP contribution in [0.2, 0.25) is 0 Å². The normalized spacial score (nSPS) is 11.3. The lowest BCUT2D eigenvalue weighted by Crippen LogP contribution is -2.05. The number of hydrogen-bond acceptors (Lipinski definition) is 4. The van der Waals surface area contributed by atoms with Crippen LogP contribution in [0.5, 0.6) is 0 Å². The lowest BCUT2D eigenvalue weighted by atomic mass is 9.90. The molecule has 0 spiro atoms. The number of ether oxygens (including phenoxy) is 1. The average Bonchev–Trinajstić information content (AvgIpc) is 2.74. The first-order valence-corrected chi connectivity index (χ1v) is 9.80. The van der Waals surface area contributed by atoms with Gasteiger partial charge in [0.2, 0.25) is 0 Å². The maximum Gasteiger partial charge on any atom is 0.0747 e. The summed E-state index contributed by atoms with van der Waals surface area (Å²) in [5.74, 6) is 0.309. The van der Waals surface area contributed by atoms with E-state index in [9.17, 15) is 0 Å². The van der Waals surface area contributed by atoms with Crippen LogP contribution in [0.4, 0.5) is 5.69 Å². The molecule has 4 rings (SSSR count). The molecule has 0 saturated heterocycles. The summed E-state index contributed by atoms with van der Waals surface area (Å²) in [5.41, 5.74) is 14.3. The molecule has 0 aliphatic rings. The molecule has 0 aliphatic heterocycles. The van der Waals surface area contributed by atoms with E-state index >= 15 is 0 Å². The Kier molecular flexibility index (Phi) is 5.28. The van der Waals surface area contributed by atoms with Crippen molar-refractivity contribution >= 4 is 16.6 Å². The van der Waals surface area contributed by atoms with E-state index in [1.165, 1.54) is 11.1 Å². The zero-order valence-corrected chi connectivity index (χ0v) is 17.0. The van der Waals surface area contributed by atoms with E-state index in [0.29, 0.717) is 12.5 Å². The molecule has 4 nitrogen and oxygen atoms in total. The Morgan fingerprint density at radius 1 is 0.897 bits per heavy atom. The number of fused-ring (bicyclic) bond motifs is 1. The van der Waals surface area contributed by atoms with Gasteiger partial charge < -0.3 is 10.5 Å². The first kappa shape index (κ1) is 19.1. The van der Waals surface area contributed by atoms with E-state index in [-0.39, 0.29) is 0 Å². The third-order valence-corrected chi connectivity index (χ3v) is 5.20. The number of nitrogens with zero attached hydrogens (tertiary/aromatic N) is 2. The van der Waals surface area contributed by atoms with Crippen molar-refractivity contribution in [1.29, 1.82) is 0 Å². The van der Waals surface area contributed by atoms with Gasteiger partial charge in [0.1, 0.15) is 0 Å². The Hall–Kier alpha value is -3.24. The third-order valence-electron chi connectivity index (χ3n) is 5.20. The van der Waals surface area contributed by atoms with Gasteiger partial charge >= 0.3 is 0 Å². The van der Waals surface area contributed by atoms with E-state index in [1.807, 2.05) is 36.5 Å². The van der Waals surface area contributed by atoms with E-state index in [1.54, 1.807) is 13.3 Å². The maximum absolute atomic E-state index is 5.81. The van der Waals surface area contributed by atoms with E-state index in [2.05, 4.69) is 43.1 Å². The molecule has 0 fully saturated rings. The molecule has 2 heterocycles. The van der Waals surface area contributed by atoms with Crippen molar-refractivity contribution in [3.63, 3.8) is 0 Å². The fourth-order valence-electron chi connectivity index (χ4n) is 3.82. The molecule has 0 bridgehead atoms. The molecular formula is C25H25N3O. The molecule has 0 atom stereocenters. The van der Waals surface area contributed by atoms with Gasteiger partial charge in [0.05, 0.1) is 17.8 Å². The highest BCUT2D eigenvalue weighted by molar-refractivity contribution is 5.87. The maximum atomic E-state index is 5.81. The quantitative estimate of drug-likeness (QED) is 0.441. The Labute approximate surface area is 171 Å². The highest BCUT2D eigenvalue weighted by Crippen LogP contribution is 2.36. The van der Waals surface area contributed by atoms with Crippen molar-refractivity contribution in [3.8, 4) is 22.4 Å². The summed E-state index contributed by atoms with van der Waals surface area (Å²) >= 11 is 0. The van der Waals surface area contributed by atoms with Crippen molar-refractivity contribution in [2.45, 2.75) is 26.4 Å². The molecule has 0 amide bonds. The van der Waals surface area contributed by atoms with Crippen molar-refractivity contribution < 1.29 is 4.74 Å². The molecule has 2 N–H and O–H groups in total. The summed E-state index contributed by atoms with van der Waals surface area (Å²) in [6, 6.07) is 18.5. The molecule has 2 aromatic carbocycles. The number of benzene rings is 2. The molecule has 0 aliphatic carbocycles. The summed E-state index contributed by atoms with van der Waals surface area (Å²) in [6.07, 6.45) is 3.67. The van der Waals surface area contributed by atoms with Crippen LogP contribution in [0.15, 0.2) is 67.0 Å². The monoisotopic (exact) mass is 383 g/mol. The van der Waals surface area contributed by atoms with Gasteiger partial charge in [-0.05, 0) is 46.4 Å². The van der Waals surface area contributed by atoms with Crippen LogP contribution < -0.4 is 5.73 Å². The Bertz CT molecular complexity index is 1130. The Morgan fingerprint density at radius 2 is 1.52 bits per heavy atom. The average molecular weight is 383 g/mol. The van der Waals surface area contributed by atoms with E-state index in [0.717, 1.165) is 39.0 Å². The van der Waals surface area contributed by atoms with E-state index in [4.69, 9.17) is 15.5 Å². The van der Waals surface area contributed by atoms with Crippen LogP contribution in [0.25, 0.3) is 33.3 Å². The second kappa shape index (κ2) is 8.02. The Balaban J connectivity index is 1.86. The molecule has 146 valence electrons. The van der Waals surface area contributed by atoms with Crippen LogP contribution in [-0.2, 0) is 11.3 Å². The summed E-state index contributed by atoms with van der Waals surface area (Å²) < 4.78 is 5.54. The van der Waals surface area contributed by atoms with Crippen LogP contribution in [-0.4, -0.2) is 17.1 Å². The minimum atomic E-state index is 0.309. The van der Waals surface area contributed by atoms with Crippen molar-refractivity contribution in [1.82, 2.24) is 9.97 Å². The summed E-state index contributed by atoms with van der Waals surface area (Å²) in [5, 5.41) is 1.06. The number of methoxy groups -OCH3 is 1. The van der Waals surface area contributed by atoms with Crippen LogP contribution in [0, 0.1) is 0 Å². The van der Waals surface area contributed by atoms with Gasteiger partial charge in [-0.25, -0.2) is 4.98 Å². The number of aromatic nitrogens is 2. The summed E-state index contributed by atoms with van der Waals surface area (Å²) in [6.45, 7) is 4.93. The molecule has 2 aromatic heterocycles. The molecule has 4 aromatic rings. The highest BCUT2D eigenvalue weighted by Gasteiger charge is 2.19. The van der Waals surface area contributed by atoms with Gasteiger partial charge in [-0.15, -0.1) is 0 Å². The van der Waals surface area contributed by atoms with E-state index < -0.39 is 0 Å². The Morgan fingerprint density at radius 3 is 2.14 bits per heavy atom. The second-order valence-corrected chi connectivity index (χ2v) is 7.53. The fraction of sp³-hybridized carbons (Fsp3) is 0.200. The van der Waals surface area contributed by atoms with Gasteiger partial charge in [0.15, 0.2) is 0 Å². The number of nitrogens with two attached hydrogens (primary N) is 1. The van der Waals surface area contributed by atoms with Crippen molar-refractivity contribution in [3.05, 3.63) is 78.1 Å². The zero-order chi connectivity index (χ0) is 20.4. The molecule has 4 heteroatoms. The largest absolute Gasteiger partial charge is 0.399 e. The fourth-order valence-corrected chi connectivity index (χ4v) is 3.82. The SMILES string of the molecule is COCc1c(C(C)C)c(-c2ccc(-c3ccc(N)cc3)cc2)nc2ccncc12. The minimum Gasteiger partial charge on any atom is -0.399 e. The molecule has 29 heavy (non-hydrogen) atoms. The van der Waals surface area contributed by atoms with Crippen LogP contribution in [0.1, 0.15) is 30.9 Å². The topological polar surface area (TPSA) is 61.0 Å². The van der Waals surface area contributed by atoms with Gasteiger partial charge in [0, 0.05) is 36.1 Å². The molecule has 0 radical (unpaired) electrons. The van der Waals surface area contributed by atoms with Gasteiger partial charge in [0.25, 0.3) is 0 Å². The smallest absolute Gasteiger partial charge is 0.0747 e. The number of anilines is 1. The first-order chi connectivity index (χ1) is 14.1. The highest BCUT2D eigenvalue weighted by atomic mass is 16.5. The molecule has 0 unspecified atom stereocenters. The number of hydrogen-bond donors (Lipinski definition) is 1. The second-order valence-electron chi connectivity index (χ2n) is 7.53. The first-order valence-electron chi connectivity index (χ1n) is 9.80. The predicted molar refractivity (Wildman–Crippen MR) is 120 cm³/mol. The number of rotatable bonds is 5. The third kappa shape index (κ3) is 3.71. The standard InChI is InChI=1S/C25H25N3O/c1-16(2)24-22(15-29-3)21-14-27-13-12-23(21)28-25(24)19-6-4-17(5-7-19)18-8-10-20(26)11-9-18/h4-14,16H,15,26H2,1-3H3. The van der Waals surface area contributed by atoms with Crippen molar-refractivity contribution in [2.24, 2.45) is 0 Å². The van der Waals surface area contributed by atoms with Crippen LogP contribution >= 0.6 is 0 Å². The van der Waals surface area contributed by atoms with Gasteiger partial charge in [-0.2, -0.15) is 0 Å². The number of nitrogen functional groups attached to an aromatic ring is 1. The van der Waals surface area contributed by atoms with Crippen LogP contribution in [0.3, 0.4) is 0 Å². The molecular weight excluding hydrogens is 358 g/mol. The lowest BCUT2D eigenvalue weighted by molar-refractivity contribution is 0.185. The van der Waals surface area contributed by atoms with Gasteiger partial charge in [-0.1, -0.05) is 50.2 Å². The predicted octanol–water partition coefficient (Wildman–Crippen LogP) is 5.82. The lowest BCUT2D eigenvalue weighted by Gasteiger charge is -2.19. The summed E-state index contributed by atoms with van der Waals surface area (Å²) in [7, 11) is 1.73. The molecule has 0 saturated carbocycles. The van der Waals surface area contributed by atoms with Crippen molar-refractivity contribution in [2.75, 3.05) is 12.8 Å². The zero-order valence-electron chi connectivity index (χ0n) is 17.0. The summed E-state index contributed by atoms with van der Waals surface area (Å²) in [4.78, 5) is 9.32.